The molecule has 1 unspecified atom stereocenters. The number of hydrogen-bond acceptors (Lipinski definition) is 4. The maximum absolute atomic E-state index is 11.3. The molecule has 2 rings (SSSR count). The van der Waals surface area contributed by atoms with Crippen LogP contribution in [-0.2, 0) is 4.79 Å². The summed E-state index contributed by atoms with van der Waals surface area (Å²) < 4.78 is 0. The number of rotatable bonds is 2. The van der Waals surface area contributed by atoms with Crippen LogP contribution in [-0.4, -0.2) is 33.6 Å². The SMILES string of the molecule is Cc1cc(N2CCCCCC2C(=O)O)ncn1. The fourth-order valence-electron chi connectivity index (χ4n) is 2.24. The smallest absolute Gasteiger partial charge is 0.326 e. The van der Waals surface area contributed by atoms with Crippen LogP contribution in [0, 0.1) is 6.92 Å². The van der Waals surface area contributed by atoms with Crippen LogP contribution >= 0.6 is 0 Å². The van der Waals surface area contributed by atoms with Gasteiger partial charge < -0.3 is 10.0 Å². The van der Waals surface area contributed by atoms with Crippen molar-refractivity contribution in [3.05, 3.63) is 18.1 Å². The third kappa shape index (κ3) is 2.72. The largest absolute Gasteiger partial charge is 0.480 e. The Bertz CT molecular complexity index is 408. The molecule has 1 aliphatic heterocycles. The van der Waals surface area contributed by atoms with Crippen molar-refractivity contribution in [2.45, 2.75) is 38.6 Å². The summed E-state index contributed by atoms with van der Waals surface area (Å²) in [7, 11) is 0. The van der Waals surface area contributed by atoms with Crippen LogP contribution in [0.15, 0.2) is 12.4 Å². The third-order valence-corrected chi connectivity index (χ3v) is 3.12. The lowest BCUT2D eigenvalue weighted by atomic mass is 10.1. The first kappa shape index (κ1) is 11.8. The molecule has 0 aromatic carbocycles. The lowest BCUT2D eigenvalue weighted by Gasteiger charge is -2.27. The second-order valence-corrected chi connectivity index (χ2v) is 4.41. The van der Waals surface area contributed by atoms with Crippen LogP contribution < -0.4 is 4.90 Å². The Morgan fingerprint density at radius 1 is 1.41 bits per heavy atom. The van der Waals surface area contributed by atoms with E-state index in [1.165, 1.54) is 6.33 Å². The first-order valence-corrected chi connectivity index (χ1v) is 5.96. The molecule has 1 N–H and O–H groups in total. The second kappa shape index (κ2) is 5.12. The fourth-order valence-corrected chi connectivity index (χ4v) is 2.24. The first-order valence-electron chi connectivity index (χ1n) is 5.96. The van der Waals surface area contributed by atoms with E-state index in [-0.39, 0.29) is 0 Å². The zero-order chi connectivity index (χ0) is 12.3. The van der Waals surface area contributed by atoms with Crippen molar-refractivity contribution in [2.24, 2.45) is 0 Å². The van der Waals surface area contributed by atoms with Gasteiger partial charge in [0.05, 0.1) is 0 Å². The van der Waals surface area contributed by atoms with Gasteiger partial charge in [0.25, 0.3) is 0 Å². The van der Waals surface area contributed by atoms with Crippen molar-refractivity contribution >= 4 is 11.8 Å². The van der Waals surface area contributed by atoms with E-state index in [0.29, 0.717) is 6.42 Å². The van der Waals surface area contributed by atoms with E-state index in [9.17, 15) is 9.90 Å². The highest BCUT2D eigenvalue weighted by atomic mass is 16.4. The molecular formula is C12H17N3O2. The Labute approximate surface area is 100 Å². The molecule has 1 aromatic heterocycles. The molecule has 1 fully saturated rings. The van der Waals surface area contributed by atoms with Crippen LogP contribution in [0.5, 0.6) is 0 Å². The van der Waals surface area contributed by atoms with E-state index < -0.39 is 12.0 Å². The fraction of sp³-hybridized carbons (Fsp3) is 0.583. The van der Waals surface area contributed by atoms with Gasteiger partial charge in [-0.3, -0.25) is 0 Å². The molecule has 17 heavy (non-hydrogen) atoms. The Kier molecular flexibility index (Phi) is 3.56. The Hall–Kier alpha value is -1.65. The summed E-state index contributed by atoms with van der Waals surface area (Å²) in [5, 5.41) is 9.28. The molecule has 92 valence electrons. The van der Waals surface area contributed by atoms with Crippen molar-refractivity contribution in [1.29, 1.82) is 0 Å². The number of aryl methyl sites for hydroxylation is 1. The lowest BCUT2D eigenvalue weighted by Crippen LogP contribution is -2.41. The summed E-state index contributed by atoms with van der Waals surface area (Å²) in [6, 6.07) is 1.40. The van der Waals surface area contributed by atoms with Gasteiger partial charge >= 0.3 is 5.97 Å². The number of nitrogens with zero attached hydrogens (tertiary/aromatic N) is 3. The van der Waals surface area contributed by atoms with Crippen molar-refractivity contribution in [3.63, 3.8) is 0 Å². The maximum Gasteiger partial charge on any atom is 0.326 e. The predicted molar refractivity (Wildman–Crippen MR) is 64.0 cm³/mol. The summed E-state index contributed by atoms with van der Waals surface area (Å²) >= 11 is 0. The van der Waals surface area contributed by atoms with E-state index in [1.54, 1.807) is 0 Å². The minimum atomic E-state index is -0.761. The van der Waals surface area contributed by atoms with Gasteiger partial charge in [0.15, 0.2) is 0 Å². The highest BCUT2D eigenvalue weighted by Gasteiger charge is 2.28. The molecule has 0 aliphatic carbocycles. The summed E-state index contributed by atoms with van der Waals surface area (Å²) in [4.78, 5) is 21.4. The molecule has 1 aromatic rings. The predicted octanol–water partition coefficient (Wildman–Crippen LogP) is 1.62. The van der Waals surface area contributed by atoms with Crippen molar-refractivity contribution in [2.75, 3.05) is 11.4 Å². The quantitative estimate of drug-likeness (QED) is 0.843. The third-order valence-electron chi connectivity index (χ3n) is 3.12. The van der Waals surface area contributed by atoms with Gasteiger partial charge in [-0.25, -0.2) is 14.8 Å². The number of carbonyl (C=O) groups is 1. The van der Waals surface area contributed by atoms with Gasteiger partial charge in [-0.05, 0) is 19.8 Å². The van der Waals surface area contributed by atoms with Crippen LogP contribution in [0.2, 0.25) is 0 Å². The highest BCUT2D eigenvalue weighted by molar-refractivity contribution is 5.77. The average Bonchev–Trinajstić information content (AvgIpc) is 2.54. The maximum atomic E-state index is 11.3. The van der Waals surface area contributed by atoms with Crippen molar-refractivity contribution < 1.29 is 9.90 Å². The molecule has 1 atom stereocenters. The van der Waals surface area contributed by atoms with Crippen molar-refractivity contribution in [3.8, 4) is 0 Å². The van der Waals surface area contributed by atoms with E-state index in [4.69, 9.17) is 0 Å². The second-order valence-electron chi connectivity index (χ2n) is 4.41. The summed E-state index contributed by atoms with van der Waals surface area (Å²) in [6.45, 7) is 2.65. The molecule has 5 nitrogen and oxygen atoms in total. The molecule has 2 heterocycles. The average molecular weight is 235 g/mol. The molecular weight excluding hydrogens is 218 g/mol. The lowest BCUT2D eigenvalue weighted by molar-refractivity contribution is -0.138. The van der Waals surface area contributed by atoms with Crippen LogP contribution in [0.3, 0.4) is 0 Å². The number of carboxylic acid groups (broad SMARTS) is 1. The summed E-state index contributed by atoms with van der Waals surface area (Å²) in [6.07, 6.45) is 5.27. The zero-order valence-electron chi connectivity index (χ0n) is 9.96. The van der Waals surface area contributed by atoms with Gasteiger partial charge in [0.1, 0.15) is 18.2 Å². The van der Waals surface area contributed by atoms with E-state index in [1.807, 2.05) is 17.9 Å². The standard InChI is InChI=1S/C12H17N3O2/c1-9-7-11(14-8-13-9)15-6-4-2-3-5-10(15)12(16)17/h7-8,10H,2-6H2,1H3,(H,16,17). The van der Waals surface area contributed by atoms with E-state index >= 15 is 0 Å². The molecule has 0 bridgehead atoms. The van der Waals surface area contributed by atoms with Gasteiger partial charge in [-0.1, -0.05) is 12.8 Å². The summed E-state index contributed by atoms with van der Waals surface area (Å²) in [5.41, 5.74) is 0.864. The number of aromatic nitrogens is 2. The van der Waals surface area contributed by atoms with Crippen molar-refractivity contribution in [1.82, 2.24) is 9.97 Å². The Balaban J connectivity index is 2.28. The van der Waals surface area contributed by atoms with Gasteiger partial charge in [-0.15, -0.1) is 0 Å². The minimum absolute atomic E-state index is 0.452. The van der Waals surface area contributed by atoms with E-state index in [0.717, 1.165) is 37.3 Å². The number of anilines is 1. The number of carboxylic acids is 1. The highest BCUT2D eigenvalue weighted by Crippen LogP contribution is 2.22. The molecule has 0 radical (unpaired) electrons. The van der Waals surface area contributed by atoms with Gasteiger partial charge in [0.2, 0.25) is 0 Å². The monoisotopic (exact) mass is 235 g/mol. The van der Waals surface area contributed by atoms with Gasteiger partial charge in [-0.2, -0.15) is 0 Å². The first-order chi connectivity index (χ1) is 8.18. The molecule has 0 saturated carbocycles. The van der Waals surface area contributed by atoms with E-state index in [2.05, 4.69) is 9.97 Å². The summed E-state index contributed by atoms with van der Waals surface area (Å²) in [5.74, 6) is -0.0324. The Morgan fingerprint density at radius 3 is 2.94 bits per heavy atom. The Morgan fingerprint density at radius 2 is 2.24 bits per heavy atom. The number of aliphatic carboxylic acids is 1. The van der Waals surface area contributed by atoms with Crippen LogP contribution in [0.25, 0.3) is 0 Å². The zero-order valence-corrected chi connectivity index (χ0v) is 9.96. The number of hydrogen-bond donors (Lipinski definition) is 1. The van der Waals surface area contributed by atoms with Crippen LogP contribution in [0.1, 0.15) is 31.4 Å². The van der Waals surface area contributed by atoms with Gasteiger partial charge in [0, 0.05) is 18.3 Å². The van der Waals surface area contributed by atoms with Crippen LogP contribution in [0.4, 0.5) is 5.82 Å². The normalized spacial score (nSPS) is 21.0. The topological polar surface area (TPSA) is 66.3 Å². The molecule has 5 heteroatoms. The molecule has 0 spiro atoms. The molecule has 0 amide bonds. The molecule has 1 saturated heterocycles. The molecule has 1 aliphatic rings. The minimum Gasteiger partial charge on any atom is -0.480 e.